The second-order valence-corrected chi connectivity index (χ2v) is 9.28. The van der Waals surface area contributed by atoms with Crippen LogP contribution in [0.2, 0.25) is 0 Å². The van der Waals surface area contributed by atoms with Crippen LogP contribution in [0, 0.1) is 5.82 Å². The Kier molecular flexibility index (Phi) is 8.52. The fourth-order valence-corrected chi connectivity index (χ4v) is 4.54. The van der Waals surface area contributed by atoms with Crippen molar-refractivity contribution in [3.05, 3.63) is 71.3 Å². The average molecular weight is 509 g/mol. The summed E-state index contributed by atoms with van der Waals surface area (Å²) in [5, 5.41) is 6.54. The average Bonchev–Trinajstić information content (AvgIpc) is 2.87. The summed E-state index contributed by atoms with van der Waals surface area (Å²) in [6, 6.07) is 11.1. The van der Waals surface area contributed by atoms with E-state index in [4.69, 9.17) is 9.57 Å². The topological polar surface area (TPSA) is 101 Å². The number of carbonyl (C=O) groups excluding carboxylic acids is 1. The second kappa shape index (κ2) is 12.0. The van der Waals surface area contributed by atoms with Crippen LogP contribution in [0.4, 0.5) is 21.7 Å². The van der Waals surface area contributed by atoms with Gasteiger partial charge in [0.25, 0.3) is 5.91 Å². The molecule has 1 fully saturated rings. The highest BCUT2D eigenvalue weighted by Crippen LogP contribution is 2.26. The highest BCUT2D eigenvalue weighted by molar-refractivity contribution is 5.94. The lowest BCUT2D eigenvalue weighted by molar-refractivity contribution is 0.0537. The first-order chi connectivity index (χ1) is 17.8. The number of rotatable bonds is 9. The molecular weight excluding hydrogens is 475 g/mol. The normalized spacial score (nSPS) is 17.4. The fraction of sp³-hybridized carbons (Fsp3) is 0.370. The molecule has 9 nitrogen and oxygen atoms in total. The van der Waals surface area contributed by atoms with Crippen LogP contribution in [0.3, 0.4) is 0 Å². The summed E-state index contributed by atoms with van der Waals surface area (Å²) in [4.78, 5) is 27.7. The smallest absolute Gasteiger partial charge is 0.274 e. The third-order valence-electron chi connectivity index (χ3n) is 6.17. The zero-order chi connectivity index (χ0) is 26.4. The lowest BCUT2D eigenvalue weighted by atomic mass is 10.0. The number of aromatic nitrogens is 2. The van der Waals surface area contributed by atoms with Crippen LogP contribution in [0.1, 0.15) is 35.3 Å². The molecular formula is C27H33FN6O3. The minimum atomic E-state index is -0.345. The Labute approximate surface area is 216 Å². The molecule has 1 aliphatic rings. The van der Waals surface area contributed by atoms with Gasteiger partial charge < -0.3 is 20.3 Å². The molecule has 2 atom stereocenters. The largest absolute Gasteiger partial charge is 0.497 e. The molecule has 37 heavy (non-hydrogen) atoms. The molecule has 0 aliphatic carbocycles. The van der Waals surface area contributed by atoms with E-state index in [0.29, 0.717) is 53.6 Å². The van der Waals surface area contributed by atoms with Gasteiger partial charge in [0.15, 0.2) is 0 Å². The summed E-state index contributed by atoms with van der Waals surface area (Å²) in [5.74, 6) is 0.358. The highest BCUT2D eigenvalue weighted by Gasteiger charge is 2.23. The van der Waals surface area contributed by atoms with Gasteiger partial charge in [0.05, 0.1) is 19.9 Å². The lowest BCUT2D eigenvalue weighted by Gasteiger charge is -2.37. The van der Waals surface area contributed by atoms with E-state index in [0.717, 1.165) is 24.2 Å². The molecule has 3 aromatic rings. The molecule has 10 heteroatoms. The molecule has 0 spiro atoms. The van der Waals surface area contributed by atoms with Gasteiger partial charge in [-0.2, -0.15) is 0 Å². The Balaban J connectivity index is 1.37. The number of nitrogens with one attached hydrogen (secondary N) is 3. The summed E-state index contributed by atoms with van der Waals surface area (Å²) in [6.07, 6.45) is 4.81. The number of benzene rings is 2. The van der Waals surface area contributed by atoms with Crippen LogP contribution >= 0.6 is 0 Å². The van der Waals surface area contributed by atoms with Gasteiger partial charge in [-0.15, -0.1) is 0 Å². The Morgan fingerprint density at radius 3 is 2.41 bits per heavy atom. The monoisotopic (exact) mass is 508 g/mol. The third-order valence-corrected chi connectivity index (χ3v) is 6.17. The zero-order valence-electron chi connectivity index (χ0n) is 21.5. The number of piperazine rings is 1. The van der Waals surface area contributed by atoms with E-state index in [9.17, 15) is 9.18 Å². The number of methoxy groups -OCH3 is 1. The molecule has 1 aromatic heterocycles. The Morgan fingerprint density at radius 1 is 1.05 bits per heavy atom. The number of anilines is 3. The first-order valence-corrected chi connectivity index (χ1v) is 12.2. The van der Waals surface area contributed by atoms with Crippen LogP contribution in [-0.4, -0.2) is 55.3 Å². The number of halogens is 1. The highest BCUT2D eigenvalue weighted by atomic mass is 19.1. The van der Waals surface area contributed by atoms with Gasteiger partial charge in [-0.05, 0) is 74.2 Å². The molecule has 1 saturated heterocycles. The van der Waals surface area contributed by atoms with E-state index < -0.39 is 0 Å². The van der Waals surface area contributed by atoms with Gasteiger partial charge in [0.1, 0.15) is 11.6 Å². The minimum absolute atomic E-state index is 0.278. The first-order valence-electron chi connectivity index (χ1n) is 12.2. The van der Waals surface area contributed by atoms with Gasteiger partial charge in [0, 0.05) is 48.8 Å². The first kappa shape index (κ1) is 26.3. The van der Waals surface area contributed by atoms with Crippen LogP contribution in [0.15, 0.2) is 48.8 Å². The molecule has 0 bridgehead atoms. The summed E-state index contributed by atoms with van der Waals surface area (Å²) in [7, 11) is 2.94. The fourth-order valence-electron chi connectivity index (χ4n) is 4.54. The number of carbonyl (C=O) groups is 1. The Morgan fingerprint density at radius 2 is 1.76 bits per heavy atom. The minimum Gasteiger partial charge on any atom is -0.497 e. The Hall–Kier alpha value is -3.76. The number of hydroxylamine groups is 1. The molecule has 196 valence electrons. The molecule has 0 radical (unpaired) electrons. The van der Waals surface area contributed by atoms with E-state index in [1.807, 2.05) is 12.1 Å². The van der Waals surface area contributed by atoms with Gasteiger partial charge in [-0.1, -0.05) is 0 Å². The number of nitrogens with zero attached hydrogens (tertiary/aromatic N) is 3. The van der Waals surface area contributed by atoms with Crippen LogP contribution in [0.5, 0.6) is 5.75 Å². The van der Waals surface area contributed by atoms with Gasteiger partial charge >= 0.3 is 0 Å². The molecule has 1 amide bonds. The quantitative estimate of drug-likeness (QED) is 0.377. The van der Waals surface area contributed by atoms with E-state index in [-0.39, 0.29) is 11.7 Å². The van der Waals surface area contributed by atoms with Crippen molar-refractivity contribution in [2.24, 2.45) is 0 Å². The van der Waals surface area contributed by atoms with Crippen LogP contribution in [0.25, 0.3) is 0 Å². The van der Waals surface area contributed by atoms with E-state index >= 15 is 0 Å². The Bertz CT molecular complexity index is 1210. The van der Waals surface area contributed by atoms with E-state index in [2.05, 4.69) is 44.8 Å². The molecule has 2 heterocycles. The van der Waals surface area contributed by atoms with Gasteiger partial charge in [0.2, 0.25) is 5.95 Å². The van der Waals surface area contributed by atoms with Crippen molar-refractivity contribution < 1.29 is 18.8 Å². The van der Waals surface area contributed by atoms with Crippen molar-refractivity contribution in [1.82, 2.24) is 20.8 Å². The lowest BCUT2D eigenvalue weighted by Crippen LogP contribution is -2.54. The number of aryl methyl sites for hydroxylation is 2. The van der Waals surface area contributed by atoms with Gasteiger partial charge in [-0.3, -0.25) is 9.63 Å². The summed E-state index contributed by atoms with van der Waals surface area (Å²) < 4.78 is 20.2. The standard InChI is InChI=1S/C27H33FN6O3/c1-17-15-34(16-18(2)31-17)25-8-7-22(12-24(25)28)32-27-29-13-20(14-30-27)6-5-19-9-21(26(35)33-37-4)11-23(10-19)36-3/h7-14,17-18,31H,5-6,15-16H2,1-4H3,(H,33,35)(H,29,30,32)/t17-,18+. The summed E-state index contributed by atoms with van der Waals surface area (Å²) in [6.45, 7) is 5.73. The number of ether oxygens (including phenoxy) is 1. The molecule has 0 saturated carbocycles. The maximum Gasteiger partial charge on any atom is 0.274 e. The molecule has 0 unspecified atom stereocenters. The number of hydrogen-bond acceptors (Lipinski definition) is 8. The summed E-state index contributed by atoms with van der Waals surface area (Å²) >= 11 is 0. The van der Waals surface area contributed by atoms with Crippen molar-refractivity contribution in [2.45, 2.75) is 38.8 Å². The molecule has 3 N–H and O–H groups in total. The van der Waals surface area contributed by atoms with Crippen LogP contribution < -0.4 is 25.8 Å². The number of hydrogen-bond donors (Lipinski definition) is 3. The van der Waals surface area contributed by atoms with Crippen molar-refractivity contribution in [1.29, 1.82) is 0 Å². The third kappa shape index (κ3) is 6.93. The van der Waals surface area contributed by atoms with Gasteiger partial charge in [-0.25, -0.2) is 19.8 Å². The number of amides is 1. The van der Waals surface area contributed by atoms with Crippen molar-refractivity contribution in [2.75, 3.05) is 37.5 Å². The van der Waals surface area contributed by atoms with E-state index in [1.165, 1.54) is 13.2 Å². The SMILES string of the molecule is CONC(=O)c1cc(CCc2cnc(Nc3ccc(N4C[C@@H](C)N[C@@H](C)C4)c(F)c3)nc2)cc(OC)c1. The maximum absolute atomic E-state index is 14.9. The van der Waals surface area contributed by atoms with Crippen molar-refractivity contribution in [3.8, 4) is 5.75 Å². The maximum atomic E-state index is 14.9. The molecule has 1 aliphatic heterocycles. The van der Waals surface area contributed by atoms with Crippen molar-refractivity contribution >= 4 is 23.2 Å². The van der Waals surface area contributed by atoms with Crippen molar-refractivity contribution in [3.63, 3.8) is 0 Å². The predicted octanol–water partition coefficient (Wildman–Crippen LogP) is 3.63. The molecule has 4 rings (SSSR count). The predicted molar refractivity (Wildman–Crippen MR) is 141 cm³/mol. The molecule has 2 aromatic carbocycles. The zero-order valence-corrected chi connectivity index (χ0v) is 21.5. The summed E-state index contributed by atoms with van der Waals surface area (Å²) in [5.41, 5.74) is 5.82. The van der Waals surface area contributed by atoms with Crippen LogP contribution in [-0.2, 0) is 17.7 Å². The second-order valence-electron chi connectivity index (χ2n) is 9.28. The van der Waals surface area contributed by atoms with E-state index in [1.54, 1.807) is 37.7 Å².